The van der Waals surface area contributed by atoms with E-state index in [1.807, 2.05) is 22.9 Å². The molecule has 1 rings (SSSR count). The molecule has 1 aromatic rings. The highest BCUT2D eigenvalue weighted by molar-refractivity contribution is 5.91. The van der Waals surface area contributed by atoms with Gasteiger partial charge in [0.05, 0.1) is 12.5 Å². The fourth-order valence-corrected chi connectivity index (χ4v) is 1.22. The molecule has 78 valence electrons. The van der Waals surface area contributed by atoms with E-state index in [1.54, 1.807) is 13.0 Å². The number of nitrogens with zero attached hydrogens (tertiary/aromatic N) is 2. The first-order chi connectivity index (χ1) is 7.15. The van der Waals surface area contributed by atoms with Crippen molar-refractivity contribution < 1.29 is 9.90 Å². The molecule has 0 radical (unpaired) electrons. The molecule has 0 amide bonds. The van der Waals surface area contributed by atoms with Gasteiger partial charge in [-0.3, -0.25) is 0 Å². The zero-order valence-corrected chi connectivity index (χ0v) is 8.47. The number of hydrogen-bond acceptors (Lipinski definition) is 2. The summed E-state index contributed by atoms with van der Waals surface area (Å²) in [5.41, 5.74) is 1.09. The third kappa shape index (κ3) is 2.99. The van der Waals surface area contributed by atoms with Crippen molar-refractivity contribution >= 4 is 12.0 Å². The highest BCUT2D eigenvalue weighted by atomic mass is 16.4. The van der Waals surface area contributed by atoms with Crippen LogP contribution in [-0.2, 0) is 11.3 Å². The third-order valence-electron chi connectivity index (χ3n) is 2.03. The Bertz CT molecular complexity index is 424. The lowest BCUT2D eigenvalue weighted by Gasteiger charge is -2.03. The van der Waals surface area contributed by atoms with E-state index in [1.165, 1.54) is 0 Å². The van der Waals surface area contributed by atoms with Gasteiger partial charge in [0.1, 0.15) is 0 Å². The summed E-state index contributed by atoms with van der Waals surface area (Å²) in [6, 6.07) is 5.71. The summed E-state index contributed by atoms with van der Waals surface area (Å²) in [7, 11) is 0. The zero-order chi connectivity index (χ0) is 11.3. The minimum Gasteiger partial charge on any atom is -0.478 e. The van der Waals surface area contributed by atoms with Crippen molar-refractivity contribution in [2.24, 2.45) is 0 Å². The molecule has 1 N–H and O–H groups in total. The van der Waals surface area contributed by atoms with Crippen LogP contribution >= 0.6 is 0 Å². The van der Waals surface area contributed by atoms with E-state index in [0.29, 0.717) is 13.0 Å². The lowest BCUT2D eigenvalue weighted by atomic mass is 10.2. The van der Waals surface area contributed by atoms with Crippen molar-refractivity contribution in [1.29, 1.82) is 5.26 Å². The average Bonchev–Trinajstić information content (AvgIpc) is 2.62. The van der Waals surface area contributed by atoms with Crippen molar-refractivity contribution in [1.82, 2.24) is 4.57 Å². The first kappa shape index (κ1) is 11.1. The van der Waals surface area contributed by atoms with E-state index in [9.17, 15) is 4.79 Å². The number of carboxylic acid groups (broad SMARTS) is 1. The molecule has 0 saturated carbocycles. The number of carbonyl (C=O) groups is 1. The maximum Gasteiger partial charge on any atom is 0.331 e. The maximum atomic E-state index is 10.6. The second-order valence-corrected chi connectivity index (χ2v) is 3.17. The van der Waals surface area contributed by atoms with Crippen LogP contribution in [0.3, 0.4) is 0 Å². The van der Waals surface area contributed by atoms with Gasteiger partial charge in [-0.05, 0) is 25.1 Å². The van der Waals surface area contributed by atoms with E-state index in [0.717, 1.165) is 5.69 Å². The molecule has 15 heavy (non-hydrogen) atoms. The van der Waals surface area contributed by atoms with Gasteiger partial charge in [0.25, 0.3) is 0 Å². The highest BCUT2D eigenvalue weighted by Crippen LogP contribution is 2.09. The van der Waals surface area contributed by atoms with Crippen molar-refractivity contribution in [2.75, 3.05) is 0 Å². The number of aryl methyl sites for hydroxylation is 1. The number of hydrogen-bond donors (Lipinski definition) is 1. The van der Waals surface area contributed by atoms with Crippen LogP contribution < -0.4 is 0 Å². The molecule has 0 bridgehead atoms. The molecule has 0 fully saturated rings. The number of rotatable bonds is 4. The average molecular weight is 204 g/mol. The lowest BCUT2D eigenvalue weighted by Crippen LogP contribution is -2.00. The summed E-state index contributed by atoms with van der Waals surface area (Å²) in [5, 5.41) is 17.2. The van der Waals surface area contributed by atoms with Crippen LogP contribution in [0.4, 0.5) is 0 Å². The van der Waals surface area contributed by atoms with Gasteiger partial charge in [0.15, 0.2) is 0 Å². The molecule has 0 aliphatic heterocycles. The van der Waals surface area contributed by atoms with Gasteiger partial charge in [-0.15, -0.1) is 0 Å². The fourth-order valence-electron chi connectivity index (χ4n) is 1.22. The van der Waals surface area contributed by atoms with Gasteiger partial charge in [-0.2, -0.15) is 5.26 Å². The van der Waals surface area contributed by atoms with E-state index in [4.69, 9.17) is 10.4 Å². The SMILES string of the molecule is C/C(=C\c1cccn1CCC#N)C(=O)O. The fraction of sp³-hybridized carbons (Fsp3) is 0.273. The van der Waals surface area contributed by atoms with Crippen molar-refractivity contribution in [3.8, 4) is 6.07 Å². The topological polar surface area (TPSA) is 66.0 Å². The molecule has 0 spiro atoms. The second-order valence-electron chi connectivity index (χ2n) is 3.17. The largest absolute Gasteiger partial charge is 0.478 e. The number of aromatic nitrogens is 1. The Labute approximate surface area is 88.1 Å². The highest BCUT2D eigenvalue weighted by Gasteiger charge is 2.02. The van der Waals surface area contributed by atoms with Gasteiger partial charge in [-0.1, -0.05) is 0 Å². The predicted octanol–water partition coefficient (Wildman–Crippen LogP) is 1.89. The quantitative estimate of drug-likeness (QED) is 0.761. The van der Waals surface area contributed by atoms with Crippen LogP contribution in [-0.4, -0.2) is 15.6 Å². The smallest absolute Gasteiger partial charge is 0.331 e. The van der Waals surface area contributed by atoms with E-state index in [2.05, 4.69) is 6.07 Å². The van der Waals surface area contributed by atoms with Gasteiger partial charge < -0.3 is 9.67 Å². The molecule has 0 aliphatic carbocycles. The van der Waals surface area contributed by atoms with Crippen molar-refractivity contribution in [2.45, 2.75) is 19.9 Å². The van der Waals surface area contributed by atoms with Crippen molar-refractivity contribution in [3.63, 3.8) is 0 Å². The Morgan fingerprint density at radius 2 is 2.47 bits per heavy atom. The Balaban J connectivity index is 2.87. The summed E-state index contributed by atoms with van der Waals surface area (Å²) in [5.74, 6) is -0.928. The Morgan fingerprint density at radius 3 is 3.07 bits per heavy atom. The molecule has 1 aromatic heterocycles. The molecule has 0 unspecified atom stereocenters. The Morgan fingerprint density at radius 1 is 1.73 bits per heavy atom. The second kappa shape index (κ2) is 5.01. The summed E-state index contributed by atoms with van der Waals surface area (Å²) >= 11 is 0. The predicted molar refractivity (Wildman–Crippen MR) is 55.9 cm³/mol. The Kier molecular flexibility index (Phi) is 3.69. The Hall–Kier alpha value is -2.02. The van der Waals surface area contributed by atoms with E-state index < -0.39 is 5.97 Å². The summed E-state index contributed by atoms with van der Waals surface area (Å²) < 4.78 is 1.86. The number of carboxylic acids is 1. The van der Waals surface area contributed by atoms with Gasteiger partial charge in [0.2, 0.25) is 0 Å². The molecule has 0 saturated heterocycles. The summed E-state index contributed by atoms with van der Waals surface area (Å²) in [4.78, 5) is 10.6. The van der Waals surface area contributed by atoms with Gasteiger partial charge in [0, 0.05) is 24.0 Å². The summed E-state index contributed by atoms with van der Waals surface area (Å²) in [6.07, 6.45) is 3.85. The first-order valence-electron chi connectivity index (χ1n) is 4.59. The standard InChI is InChI=1S/C11H12N2O2/c1-9(11(14)15)8-10-4-2-6-13(10)7-3-5-12/h2,4,6,8H,3,7H2,1H3,(H,14,15)/b9-8+. The molecule has 4 nitrogen and oxygen atoms in total. The third-order valence-corrected chi connectivity index (χ3v) is 2.03. The van der Waals surface area contributed by atoms with Crippen LogP contribution in [0.15, 0.2) is 23.9 Å². The van der Waals surface area contributed by atoms with Gasteiger partial charge >= 0.3 is 5.97 Å². The normalized spacial score (nSPS) is 11.1. The zero-order valence-electron chi connectivity index (χ0n) is 8.47. The molecule has 0 aromatic carbocycles. The minimum absolute atomic E-state index is 0.284. The number of aliphatic carboxylic acids is 1. The summed E-state index contributed by atoms with van der Waals surface area (Å²) in [6.45, 7) is 2.13. The molecule has 0 aliphatic rings. The first-order valence-corrected chi connectivity index (χ1v) is 4.59. The molecular formula is C11H12N2O2. The van der Waals surface area contributed by atoms with Crippen molar-refractivity contribution in [3.05, 3.63) is 29.6 Å². The molecular weight excluding hydrogens is 192 g/mol. The molecule has 4 heteroatoms. The van der Waals surface area contributed by atoms with E-state index >= 15 is 0 Å². The monoisotopic (exact) mass is 204 g/mol. The minimum atomic E-state index is -0.928. The molecule has 0 atom stereocenters. The molecule has 1 heterocycles. The van der Waals surface area contributed by atoms with Crippen LogP contribution in [0.1, 0.15) is 19.0 Å². The van der Waals surface area contributed by atoms with Crippen LogP contribution in [0, 0.1) is 11.3 Å². The van der Waals surface area contributed by atoms with E-state index in [-0.39, 0.29) is 5.57 Å². The van der Waals surface area contributed by atoms with Crippen LogP contribution in [0.25, 0.3) is 6.08 Å². The van der Waals surface area contributed by atoms with Crippen LogP contribution in [0.5, 0.6) is 0 Å². The van der Waals surface area contributed by atoms with Crippen LogP contribution in [0.2, 0.25) is 0 Å². The number of nitriles is 1. The maximum absolute atomic E-state index is 10.6. The lowest BCUT2D eigenvalue weighted by molar-refractivity contribution is -0.132. The van der Waals surface area contributed by atoms with Gasteiger partial charge in [-0.25, -0.2) is 4.79 Å².